The molecular weight excluding hydrogens is 544 g/mol. The Balaban J connectivity index is 1.43. The summed E-state index contributed by atoms with van der Waals surface area (Å²) >= 11 is 0. The molecule has 1 heterocycles. The van der Waals surface area contributed by atoms with Crippen LogP contribution in [-0.4, -0.2) is 0 Å². The molecule has 8 aromatic carbocycles. The predicted octanol–water partition coefficient (Wildman–Crippen LogP) is 12.6. The Morgan fingerprint density at radius 2 is 1.02 bits per heavy atom. The summed E-state index contributed by atoms with van der Waals surface area (Å²) in [5.74, 6) is 0. The van der Waals surface area contributed by atoms with Crippen LogP contribution in [0.15, 0.2) is 174 Å². The van der Waals surface area contributed by atoms with Gasteiger partial charge >= 0.3 is 0 Å². The van der Waals surface area contributed by atoms with Crippen LogP contribution >= 0.6 is 0 Å². The lowest BCUT2D eigenvalue weighted by Gasteiger charge is -2.18. The van der Waals surface area contributed by atoms with E-state index in [0.717, 1.165) is 33.0 Å². The van der Waals surface area contributed by atoms with Gasteiger partial charge in [-0.2, -0.15) is 0 Å². The molecule has 0 atom stereocenters. The third-order valence-corrected chi connectivity index (χ3v) is 8.26. The fraction of sp³-hybridized carbons (Fsp3) is 0. The maximum absolute atomic E-state index is 9.85. The van der Waals surface area contributed by atoms with E-state index in [2.05, 4.69) is 30.3 Å². The number of hydrogen-bond acceptors (Lipinski definition) is 1. The van der Waals surface area contributed by atoms with Crippen molar-refractivity contribution in [1.82, 2.24) is 0 Å². The molecule has 0 bridgehead atoms. The van der Waals surface area contributed by atoms with E-state index in [9.17, 15) is 4.11 Å². The summed E-state index contributed by atoms with van der Waals surface area (Å²) in [5, 5.41) is 2.94. The largest absolute Gasteiger partial charge is 0.456 e. The highest BCUT2D eigenvalue weighted by Crippen LogP contribution is 2.46. The lowest BCUT2D eigenvalue weighted by molar-refractivity contribution is 0.669. The summed E-state index contributed by atoms with van der Waals surface area (Å²) in [4.78, 5) is 0. The van der Waals surface area contributed by atoms with Gasteiger partial charge in [-0.25, -0.2) is 0 Å². The molecule has 0 amide bonds. The number of furan rings is 1. The lowest BCUT2D eigenvalue weighted by Crippen LogP contribution is -1.91. The molecule has 0 saturated heterocycles. The molecule has 0 aliphatic carbocycles. The quantitative estimate of drug-likeness (QED) is 0.188. The van der Waals surface area contributed by atoms with Crippen molar-refractivity contribution in [2.45, 2.75) is 0 Å². The van der Waals surface area contributed by atoms with Crippen molar-refractivity contribution in [3.8, 4) is 44.5 Å². The lowest BCUT2D eigenvalue weighted by atomic mass is 9.85. The standard InChI is InChI=1S/C44H28O/c1-3-13-29(14-4-1)31-17-11-18-32(27-31)42-35-19-7-9-21-37(35)43(38-22-10-8-20-36(38)42)33-25-26-40-39(28-33)44-34(23-12-24-41(44)45-40)30-15-5-2-6-16-30/h1-28H/i2D,5D,6D,12D,15D,16D,23D,24D,25D,26D,28D. The average Bonchev–Trinajstić information content (AvgIpc) is 3.63. The monoisotopic (exact) mass is 583 g/mol. The van der Waals surface area contributed by atoms with Gasteiger partial charge in [0, 0.05) is 10.8 Å². The second-order valence-corrected chi connectivity index (χ2v) is 10.8. The molecule has 1 nitrogen and oxygen atoms in total. The topological polar surface area (TPSA) is 13.1 Å². The highest BCUT2D eigenvalue weighted by molar-refractivity contribution is 6.22. The first-order chi connectivity index (χ1) is 26.9. The minimum atomic E-state index is -0.656. The van der Waals surface area contributed by atoms with Gasteiger partial charge in [0.2, 0.25) is 0 Å². The first-order valence-corrected chi connectivity index (χ1v) is 14.5. The third-order valence-electron chi connectivity index (χ3n) is 8.26. The van der Waals surface area contributed by atoms with Gasteiger partial charge in [0.1, 0.15) is 11.2 Å². The van der Waals surface area contributed by atoms with Crippen molar-refractivity contribution >= 4 is 43.5 Å². The molecule has 1 heteroatoms. The predicted molar refractivity (Wildman–Crippen MR) is 190 cm³/mol. The molecule has 9 aromatic rings. The summed E-state index contributed by atoms with van der Waals surface area (Å²) in [6, 6.07) is 27.8. The maximum Gasteiger partial charge on any atom is 0.136 e. The van der Waals surface area contributed by atoms with Crippen LogP contribution in [0.1, 0.15) is 15.1 Å². The number of benzene rings is 8. The summed E-state index contributed by atoms with van der Waals surface area (Å²) in [6.07, 6.45) is 0. The first kappa shape index (κ1) is 16.8. The highest BCUT2D eigenvalue weighted by Gasteiger charge is 2.19. The fourth-order valence-corrected chi connectivity index (χ4v) is 6.33. The van der Waals surface area contributed by atoms with Gasteiger partial charge in [-0.05, 0) is 90.2 Å². The Morgan fingerprint density at radius 1 is 0.400 bits per heavy atom. The van der Waals surface area contributed by atoms with Gasteiger partial charge in [-0.1, -0.05) is 145 Å². The molecule has 0 spiro atoms. The Kier molecular flexibility index (Phi) is 3.87. The fourth-order valence-electron chi connectivity index (χ4n) is 6.33. The number of fused-ring (bicyclic) bond motifs is 5. The van der Waals surface area contributed by atoms with Crippen molar-refractivity contribution < 1.29 is 19.5 Å². The van der Waals surface area contributed by atoms with Crippen LogP contribution in [0, 0.1) is 0 Å². The van der Waals surface area contributed by atoms with Crippen LogP contribution in [0.5, 0.6) is 0 Å². The third kappa shape index (κ3) is 4.17. The zero-order valence-corrected chi connectivity index (χ0v) is 23.7. The van der Waals surface area contributed by atoms with Crippen molar-refractivity contribution in [2.24, 2.45) is 0 Å². The van der Waals surface area contributed by atoms with Crippen molar-refractivity contribution in [1.29, 1.82) is 0 Å². The van der Waals surface area contributed by atoms with E-state index in [0.29, 0.717) is 16.3 Å². The Morgan fingerprint density at radius 3 is 1.73 bits per heavy atom. The minimum Gasteiger partial charge on any atom is -0.456 e. The van der Waals surface area contributed by atoms with E-state index in [1.54, 1.807) is 0 Å². The Bertz CT molecular complexity index is 3070. The molecule has 0 radical (unpaired) electrons. The SMILES string of the molecule is [2H]c1c([2H])c([2H])c(-c2c([2H])c([2H])c([2H])c3oc4c([2H])c([2H])c(-c5c6ccccc6c(-c6cccc(-c7ccccc7)c6)c6ccccc56)c([2H])c4c23)c([2H])c1[2H]. The zero-order chi connectivity index (χ0) is 39.3. The van der Waals surface area contributed by atoms with Crippen LogP contribution < -0.4 is 0 Å². The molecule has 0 N–H and O–H groups in total. The maximum atomic E-state index is 9.85. The van der Waals surface area contributed by atoms with Gasteiger partial charge in [-0.15, -0.1) is 0 Å². The van der Waals surface area contributed by atoms with Crippen LogP contribution in [-0.2, 0) is 0 Å². The summed E-state index contributed by atoms with van der Waals surface area (Å²) < 4.78 is 103. The van der Waals surface area contributed by atoms with Crippen molar-refractivity contribution in [2.75, 3.05) is 0 Å². The van der Waals surface area contributed by atoms with Gasteiger partial charge in [0.05, 0.1) is 15.1 Å². The average molecular weight is 584 g/mol. The molecule has 0 aliphatic rings. The van der Waals surface area contributed by atoms with Crippen molar-refractivity contribution in [3.05, 3.63) is 170 Å². The van der Waals surface area contributed by atoms with Gasteiger partial charge in [0.25, 0.3) is 0 Å². The van der Waals surface area contributed by atoms with E-state index in [-0.39, 0.29) is 50.7 Å². The molecule has 1 aromatic heterocycles. The normalized spacial score (nSPS) is 15.0. The summed E-state index contributed by atoms with van der Waals surface area (Å²) in [7, 11) is 0. The van der Waals surface area contributed by atoms with Gasteiger partial charge in [-0.3, -0.25) is 0 Å². The minimum absolute atomic E-state index is 0.0624. The zero-order valence-electron chi connectivity index (χ0n) is 34.7. The van der Waals surface area contributed by atoms with E-state index < -0.39 is 54.4 Å². The second kappa shape index (κ2) is 10.4. The van der Waals surface area contributed by atoms with Gasteiger partial charge in [0.15, 0.2) is 0 Å². The number of rotatable bonds is 4. The first-order valence-electron chi connectivity index (χ1n) is 20.0. The van der Waals surface area contributed by atoms with Crippen LogP contribution in [0.25, 0.3) is 88.0 Å². The molecule has 0 unspecified atom stereocenters. The Hall–Kier alpha value is -5.92. The molecular formula is C44H28O. The number of hydrogen-bond donors (Lipinski definition) is 0. The Labute approximate surface area is 277 Å². The van der Waals surface area contributed by atoms with Gasteiger partial charge < -0.3 is 4.42 Å². The van der Waals surface area contributed by atoms with E-state index in [1.807, 2.05) is 72.8 Å². The highest BCUT2D eigenvalue weighted by atomic mass is 16.3. The second-order valence-electron chi connectivity index (χ2n) is 10.8. The molecule has 0 fully saturated rings. The summed E-state index contributed by atoms with van der Waals surface area (Å²) in [6.45, 7) is 0. The van der Waals surface area contributed by atoms with Crippen LogP contribution in [0.3, 0.4) is 0 Å². The van der Waals surface area contributed by atoms with E-state index in [4.69, 9.17) is 15.4 Å². The van der Waals surface area contributed by atoms with Crippen LogP contribution in [0.2, 0.25) is 0 Å². The molecule has 0 saturated carbocycles. The van der Waals surface area contributed by atoms with E-state index in [1.165, 1.54) is 0 Å². The molecule has 0 aliphatic heterocycles. The van der Waals surface area contributed by atoms with E-state index >= 15 is 0 Å². The molecule has 9 rings (SSSR count). The van der Waals surface area contributed by atoms with Crippen molar-refractivity contribution in [3.63, 3.8) is 0 Å². The molecule has 45 heavy (non-hydrogen) atoms. The summed E-state index contributed by atoms with van der Waals surface area (Å²) in [5.41, 5.74) is 3.40. The molecule has 210 valence electrons. The van der Waals surface area contributed by atoms with Crippen LogP contribution in [0.4, 0.5) is 0 Å². The smallest absolute Gasteiger partial charge is 0.136 e.